The van der Waals surface area contributed by atoms with Gasteiger partial charge >= 0.3 is 0 Å². The summed E-state index contributed by atoms with van der Waals surface area (Å²) in [5.41, 5.74) is 2.58. The van der Waals surface area contributed by atoms with E-state index in [1.54, 1.807) is 0 Å². The van der Waals surface area contributed by atoms with Crippen LogP contribution in [0, 0.1) is 5.92 Å². The Morgan fingerprint density at radius 2 is 2.00 bits per heavy atom. The fraction of sp³-hybridized carbons (Fsp3) is 0.467. The van der Waals surface area contributed by atoms with Crippen molar-refractivity contribution in [2.45, 2.75) is 33.2 Å². The Bertz CT molecular complexity index is 455. The van der Waals surface area contributed by atoms with E-state index >= 15 is 0 Å². The molecule has 0 spiro atoms. The lowest BCUT2D eigenvalue weighted by molar-refractivity contribution is 0.449. The number of aromatic nitrogens is 1. The van der Waals surface area contributed by atoms with Crippen molar-refractivity contribution in [1.29, 1.82) is 0 Å². The molecule has 0 saturated heterocycles. The number of hydrogen-bond acceptors (Lipinski definition) is 1. The normalized spacial score (nSPS) is 11.5. The zero-order valence-electron chi connectivity index (χ0n) is 10.8. The van der Waals surface area contributed by atoms with E-state index in [-0.39, 0.29) is 0 Å². The van der Waals surface area contributed by atoms with Crippen molar-refractivity contribution in [1.82, 2.24) is 10.3 Å². The molecule has 0 atom stereocenters. The van der Waals surface area contributed by atoms with Gasteiger partial charge in [0.25, 0.3) is 0 Å². The molecule has 92 valence electrons. The Kier molecular flexibility index (Phi) is 4.21. The third kappa shape index (κ3) is 3.10. The summed E-state index contributed by atoms with van der Waals surface area (Å²) in [5.74, 6) is 0.811. The summed E-state index contributed by atoms with van der Waals surface area (Å²) in [7, 11) is 0. The standard InChI is InChI=1S/C15H22N2/c1-3-12(4-2)10-16-11-13-5-6-15-14(9-13)7-8-17-15/h5-9,12,16-17H,3-4,10-11H2,1-2H3. The Morgan fingerprint density at radius 3 is 2.76 bits per heavy atom. The van der Waals surface area contributed by atoms with Crippen LogP contribution in [0.3, 0.4) is 0 Å². The first-order valence-electron chi connectivity index (χ1n) is 6.60. The van der Waals surface area contributed by atoms with Gasteiger partial charge in [0.05, 0.1) is 0 Å². The molecule has 2 aromatic rings. The molecular weight excluding hydrogens is 208 g/mol. The summed E-state index contributed by atoms with van der Waals surface area (Å²) in [6.45, 7) is 6.62. The third-order valence-electron chi connectivity index (χ3n) is 3.53. The molecule has 2 rings (SSSR count). The molecule has 0 aliphatic rings. The number of nitrogens with one attached hydrogen (secondary N) is 2. The first-order valence-corrected chi connectivity index (χ1v) is 6.60. The topological polar surface area (TPSA) is 27.8 Å². The zero-order valence-corrected chi connectivity index (χ0v) is 10.8. The van der Waals surface area contributed by atoms with E-state index in [4.69, 9.17) is 0 Å². The molecule has 0 radical (unpaired) electrons. The maximum absolute atomic E-state index is 3.55. The van der Waals surface area contributed by atoms with Gasteiger partial charge in [-0.1, -0.05) is 32.8 Å². The second-order valence-corrected chi connectivity index (χ2v) is 4.71. The molecule has 0 fully saturated rings. The van der Waals surface area contributed by atoms with Crippen LogP contribution in [-0.4, -0.2) is 11.5 Å². The quantitative estimate of drug-likeness (QED) is 0.778. The fourth-order valence-electron chi connectivity index (χ4n) is 2.21. The van der Waals surface area contributed by atoms with Crippen LogP contribution in [0.1, 0.15) is 32.3 Å². The highest BCUT2D eigenvalue weighted by molar-refractivity contribution is 5.79. The summed E-state index contributed by atoms with van der Waals surface area (Å²) >= 11 is 0. The van der Waals surface area contributed by atoms with Crippen LogP contribution in [0.2, 0.25) is 0 Å². The van der Waals surface area contributed by atoms with Crippen LogP contribution < -0.4 is 5.32 Å². The number of fused-ring (bicyclic) bond motifs is 1. The van der Waals surface area contributed by atoms with Gasteiger partial charge in [-0.3, -0.25) is 0 Å². The molecular formula is C15H22N2. The minimum atomic E-state index is 0.811. The van der Waals surface area contributed by atoms with Crippen molar-refractivity contribution in [2.24, 2.45) is 5.92 Å². The van der Waals surface area contributed by atoms with E-state index in [1.165, 1.54) is 29.3 Å². The average Bonchev–Trinajstić information content (AvgIpc) is 2.82. The fourth-order valence-corrected chi connectivity index (χ4v) is 2.21. The van der Waals surface area contributed by atoms with Gasteiger partial charge in [-0.25, -0.2) is 0 Å². The Morgan fingerprint density at radius 1 is 1.18 bits per heavy atom. The van der Waals surface area contributed by atoms with Gasteiger partial charge in [0.15, 0.2) is 0 Å². The SMILES string of the molecule is CCC(CC)CNCc1ccc2[nH]ccc2c1. The Balaban J connectivity index is 1.90. The first-order chi connectivity index (χ1) is 8.33. The van der Waals surface area contributed by atoms with Gasteiger partial charge in [0.2, 0.25) is 0 Å². The molecule has 0 amide bonds. The molecule has 0 unspecified atom stereocenters. The van der Waals surface area contributed by atoms with Gasteiger partial charge < -0.3 is 10.3 Å². The van der Waals surface area contributed by atoms with Gasteiger partial charge in [-0.2, -0.15) is 0 Å². The lowest BCUT2D eigenvalue weighted by Gasteiger charge is -2.13. The van der Waals surface area contributed by atoms with Gasteiger partial charge in [0, 0.05) is 18.3 Å². The summed E-state index contributed by atoms with van der Waals surface area (Å²) < 4.78 is 0. The van der Waals surface area contributed by atoms with Crippen molar-refractivity contribution in [2.75, 3.05) is 6.54 Å². The van der Waals surface area contributed by atoms with Crippen LogP contribution >= 0.6 is 0 Å². The lowest BCUT2D eigenvalue weighted by atomic mass is 10.0. The third-order valence-corrected chi connectivity index (χ3v) is 3.53. The van der Waals surface area contributed by atoms with Crippen molar-refractivity contribution in [3.05, 3.63) is 36.0 Å². The van der Waals surface area contributed by atoms with Crippen LogP contribution in [0.5, 0.6) is 0 Å². The summed E-state index contributed by atoms with van der Waals surface area (Å²) in [4.78, 5) is 3.22. The van der Waals surface area contributed by atoms with Gasteiger partial charge in [-0.05, 0) is 41.6 Å². The molecule has 1 aromatic heterocycles. The highest BCUT2D eigenvalue weighted by atomic mass is 14.9. The molecule has 0 bridgehead atoms. The second-order valence-electron chi connectivity index (χ2n) is 4.71. The van der Waals surface area contributed by atoms with E-state index < -0.39 is 0 Å². The zero-order chi connectivity index (χ0) is 12.1. The molecule has 2 nitrogen and oxygen atoms in total. The smallest absolute Gasteiger partial charge is 0.0454 e. The van der Waals surface area contributed by atoms with Crippen LogP contribution in [0.25, 0.3) is 10.9 Å². The predicted molar refractivity (Wildman–Crippen MR) is 74.1 cm³/mol. The second kappa shape index (κ2) is 5.87. The summed E-state index contributed by atoms with van der Waals surface area (Å²) in [5, 5.41) is 4.85. The van der Waals surface area contributed by atoms with Crippen molar-refractivity contribution in [3.8, 4) is 0 Å². The van der Waals surface area contributed by atoms with E-state index in [1.807, 2.05) is 6.20 Å². The molecule has 0 saturated carbocycles. The predicted octanol–water partition coefficient (Wildman–Crippen LogP) is 3.69. The van der Waals surface area contributed by atoms with E-state index in [2.05, 4.69) is 48.4 Å². The number of hydrogen-bond donors (Lipinski definition) is 2. The average molecular weight is 230 g/mol. The van der Waals surface area contributed by atoms with Crippen LogP contribution in [0.15, 0.2) is 30.5 Å². The number of benzene rings is 1. The van der Waals surface area contributed by atoms with Crippen molar-refractivity contribution in [3.63, 3.8) is 0 Å². The molecule has 1 aromatic carbocycles. The highest BCUT2D eigenvalue weighted by Crippen LogP contribution is 2.14. The molecule has 2 heteroatoms. The minimum Gasteiger partial charge on any atom is -0.361 e. The maximum atomic E-state index is 3.55. The summed E-state index contributed by atoms with van der Waals surface area (Å²) in [6, 6.07) is 8.73. The molecule has 0 aliphatic carbocycles. The Labute approximate surface area is 103 Å². The van der Waals surface area contributed by atoms with E-state index in [0.717, 1.165) is 19.0 Å². The molecule has 2 N–H and O–H groups in total. The largest absolute Gasteiger partial charge is 0.361 e. The first kappa shape index (κ1) is 12.2. The molecule has 0 aliphatic heterocycles. The number of aromatic amines is 1. The highest BCUT2D eigenvalue weighted by Gasteiger charge is 2.02. The number of rotatable bonds is 6. The Hall–Kier alpha value is -1.28. The lowest BCUT2D eigenvalue weighted by Crippen LogP contribution is -2.21. The van der Waals surface area contributed by atoms with Gasteiger partial charge in [0.1, 0.15) is 0 Å². The van der Waals surface area contributed by atoms with E-state index in [9.17, 15) is 0 Å². The minimum absolute atomic E-state index is 0.811. The monoisotopic (exact) mass is 230 g/mol. The van der Waals surface area contributed by atoms with E-state index in [0.29, 0.717) is 0 Å². The van der Waals surface area contributed by atoms with Crippen LogP contribution in [0.4, 0.5) is 0 Å². The van der Waals surface area contributed by atoms with Crippen LogP contribution in [-0.2, 0) is 6.54 Å². The number of H-pyrrole nitrogens is 1. The summed E-state index contributed by atoms with van der Waals surface area (Å²) in [6.07, 6.45) is 4.52. The van der Waals surface area contributed by atoms with Gasteiger partial charge in [-0.15, -0.1) is 0 Å². The maximum Gasteiger partial charge on any atom is 0.0454 e. The molecule has 17 heavy (non-hydrogen) atoms. The van der Waals surface area contributed by atoms with Crippen molar-refractivity contribution < 1.29 is 0 Å². The molecule has 1 heterocycles. The van der Waals surface area contributed by atoms with Crippen molar-refractivity contribution >= 4 is 10.9 Å².